The van der Waals surface area contributed by atoms with Crippen molar-refractivity contribution < 1.29 is 10.1 Å². The van der Waals surface area contributed by atoms with Gasteiger partial charge in [-0.3, -0.25) is 0 Å². The Bertz CT molecular complexity index is 105. The predicted octanol–water partition coefficient (Wildman–Crippen LogP) is 0.341. The van der Waals surface area contributed by atoms with Crippen LogP contribution in [-0.4, -0.2) is 19.4 Å². The molecule has 3 unspecified atom stereocenters. The highest BCUT2D eigenvalue weighted by atomic mass is 16.5. The molecule has 2 N–H and O–H groups in total. The highest BCUT2D eigenvalue weighted by Crippen LogP contribution is 2.13. The summed E-state index contributed by atoms with van der Waals surface area (Å²) < 4.78 is 5.32. The van der Waals surface area contributed by atoms with Crippen LogP contribution in [0.4, 0.5) is 0 Å². The van der Waals surface area contributed by atoms with Gasteiger partial charge >= 0.3 is 0 Å². The quantitative estimate of drug-likeness (QED) is 0.564. The molecule has 10 heavy (non-hydrogen) atoms. The molecule has 0 aromatic heterocycles. The third kappa shape index (κ3) is 1.70. The van der Waals surface area contributed by atoms with Crippen molar-refractivity contribution in [3.63, 3.8) is 0 Å². The zero-order valence-electron chi connectivity index (χ0n) is 7.13. The minimum atomic E-state index is 0.406. The smallest absolute Gasteiger partial charge is 0.192 e. The van der Waals surface area contributed by atoms with Gasteiger partial charge in [-0.15, -0.1) is 0 Å². The second-order valence-electron chi connectivity index (χ2n) is 3.42. The lowest BCUT2D eigenvalue weighted by Crippen LogP contribution is -2.97. The van der Waals surface area contributed by atoms with Crippen molar-refractivity contribution in [2.75, 3.05) is 7.11 Å². The van der Waals surface area contributed by atoms with Gasteiger partial charge < -0.3 is 10.1 Å². The Balaban J connectivity index is 2.38. The molecule has 1 fully saturated rings. The first-order valence-corrected chi connectivity index (χ1v) is 4.12. The van der Waals surface area contributed by atoms with E-state index in [1.165, 1.54) is 12.8 Å². The van der Waals surface area contributed by atoms with Crippen molar-refractivity contribution in [2.24, 2.45) is 5.92 Å². The van der Waals surface area contributed by atoms with Gasteiger partial charge in [-0.05, 0) is 19.8 Å². The third-order valence-electron chi connectivity index (χ3n) is 2.43. The summed E-state index contributed by atoms with van der Waals surface area (Å²) in [5, 5.41) is 2.33. The van der Waals surface area contributed by atoms with E-state index in [1.807, 2.05) is 0 Å². The van der Waals surface area contributed by atoms with Gasteiger partial charge in [0.1, 0.15) is 0 Å². The summed E-state index contributed by atoms with van der Waals surface area (Å²) in [6.45, 7) is 4.52. The van der Waals surface area contributed by atoms with Crippen LogP contribution in [0, 0.1) is 5.92 Å². The van der Waals surface area contributed by atoms with Gasteiger partial charge in [-0.1, -0.05) is 6.92 Å². The summed E-state index contributed by atoms with van der Waals surface area (Å²) in [4.78, 5) is 0. The lowest BCUT2D eigenvalue weighted by Gasteiger charge is -2.29. The fourth-order valence-electron chi connectivity index (χ4n) is 1.61. The molecular formula is C8H18NO+. The van der Waals surface area contributed by atoms with Crippen LogP contribution in [0.5, 0.6) is 0 Å². The van der Waals surface area contributed by atoms with Crippen LogP contribution in [-0.2, 0) is 4.74 Å². The van der Waals surface area contributed by atoms with Crippen LogP contribution in [0.2, 0.25) is 0 Å². The number of piperidine rings is 1. The molecule has 1 aliphatic rings. The molecule has 0 bridgehead atoms. The van der Waals surface area contributed by atoms with Crippen molar-refractivity contribution in [3.8, 4) is 0 Å². The molecule has 0 saturated carbocycles. The molecule has 1 aliphatic heterocycles. The van der Waals surface area contributed by atoms with E-state index in [4.69, 9.17) is 4.74 Å². The van der Waals surface area contributed by atoms with Crippen molar-refractivity contribution in [1.29, 1.82) is 0 Å². The van der Waals surface area contributed by atoms with Gasteiger partial charge in [0.15, 0.2) is 6.23 Å². The van der Waals surface area contributed by atoms with Gasteiger partial charge in [-0.25, -0.2) is 0 Å². The van der Waals surface area contributed by atoms with Gasteiger partial charge in [0.25, 0.3) is 0 Å². The van der Waals surface area contributed by atoms with E-state index in [0.717, 1.165) is 12.0 Å². The molecule has 1 saturated heterocycles. The number of rotatable bonds is 1. The fraction of sp³-hybridized carbons (Fsp3) is 1.00. The molecular weight excluding hydrogens is 126 g/mol. The molecule has 1 heterocycles. The minimum Gasteiger partial charge on any atom is -0.332 e. The lowest BCUT2D eigenvalue weighted by molar-refractivity contribution is -0.766. The average Bonchev–Trinajstić information content (AvgIpc) is 1.94. The Morgan fingerprint density at radius 2 is 2.00 bits per heavy atom. The van der Waals surface area contributed by atoms with E-state index in [9.17, 15) is 0 Å². The topological polar surface area (TPSA) is 25.8 Å². The second-order valence-corrected chi connectivity index (χ2v) is 3.42. The summed E-state index contributed by atoms with van der Waals surface area (Å²) in [7, 11) is 1.80. The van der Waals surface area contributed by atoms with E-state index < -0.39 is 0 Å². The van der Waals surface area contributed by atoms with Gasteiger partial charge in [0.2, 0.25) is 0 Å². The molecule has 2 nitrogen and oxygen atoms in total. The lowest BCUT2D eigenvalue weighted by atomic mass is 9.95. The van der Waals surface area contributed by atoms with E-state index in [-0.39, 0.29) is 0 Å². The first kappa shape index (κ1) is 8.02. The Hall–Kier alpha value is -0.0800. The van der Waals surface area contributed by atoms with Crippen molar-refractivity contribution in [3.05, 3.63) is 0 Å². The Morgan fingerprint density at radius 3 is 2.50 bits per heavy atom. The summed E-state index contributed by atoms with van der Waals surface area (Å²) in [5.74, 6) is 0.723. The summed E-state index contributed by atoms with van der Waals surface area (Å²) >= 11 is 0. The van der Waals surface area contributed by atoms with Gasteiger partial charge in [-0.2, -0.15) is 0 Å². The van der Waals surface area contributed by atoms with Crippen LogP contribution in [0.15, 0.2) is 0 Å². The Labute approximate surface area is 63.0 Å². The molecule has 0 aromatic rings. The number of methoxy groups -OCH3 is 1. The van der Waals surface area contributed by atoms with Crippen molar-refractivity contribution in [1.82, 2.24) is 0 Å². The minimum absolute atomic E-state index is 0.406. The highest BCUT2D eigenvalue weighted by Gasteiger charge is 2.27. The Morgan fingerprint density at radius 1 is 1.30 bits per heavy atom. The maximum Gasteiger partial charge on any atom is 0.192 e. The van der Waals surface area contributed by atoms with Crippen LogP contribution >= 0.6 is 0 Å². The third-order valence-corrected chi connectivity index (χ3v) is 2.43. The molecule has 60 valence electrons. The number of hydrogen-bond donors (Lipinski definition) is 1. The summed E-state index contributed by atoms with van der Waals surface area (Å²) in [6, 6.07) is 0.751. The maximum absolute atomic E-state index is 5.32. The van der Waals surface area contributed by atoms with Crippen LogP contribution < -0.4 is 5.32 Å². The van der Waals surface area contributed by atoms with Crippen LogP contribution in [0.3, 0.4) is 0 Å². The first-order chi connectivity index (χ1) is 4.74. The molecule has 0 aliphatic carbocycles. The van der Waals surface area contributed by atoms with Crippen LogP contribution in [0.1, 0.15) is 26.7 Å². The summed E-state index contributed by atoms with van der Waals surface area (Å²) in [5.41, 5.74) is 0. The van der Waals surface area contributed by atoms with E-state index in [1.54, 1.807) is 7.11 Å². The number of quaternary nitrogens is 1. The normalized spacial score (nSPS) is 41.7. The number of nitrogens with two attached hydrogens (primary N) is 1. The fourth-order valence-corrected chi connectivity index (χ4v) is 1.61. The molecule has 3 atom stereocenters. The molecule has 1 rings (SSSR count). The van der Waals surface area contributed by atoms with Gasteiger partial charge in [0.05, 0.1) is 6.04 Å². The predicted molar refractivity (Wildman–Crippen MR) is 40.6 cm³/mol. The second kappa shape index (κ2) is 3.35. The molecule has 0 aromatic carbocycles. The van der Waals surface area contributed by atoms with E-state index in [0.29, 0.717) is 6.23 Å². The zero-order valence-corrected chi connectivity index (χ0v) is 7.13. The monoisotopic (exact) mass is 144 g/mol. The largest absolute Gasteiger partial charge is 0.332 e. The molecule has 2 heteroatoms. The van der Waals surface area contributed by atoms with Crippen molar-refractivity contribution in [2.45, 2.75) is 39.0 Å². The number of hydrogen-bond acceptors (Lipinski definition) is 1. The van der Waals surface area contributed by atoms with E-state index in [2.05, 4.69) is 19.2 Å². The molecule has 0 radical (unpaired) electrons. The zero-order chi connectivity index (χ0) is 7.56. The molecule has 0 spiro atoms. The van der Waals surface area contributed by atoms with Gasteiger partial charge in [0, 0.05) is 13.0 Å². The van der Waals surface area contributed by atoms with Crippen molar-refractivity contribution >= 4 is 0 Å². The Kier molecular flexibility index (Phi) is 2.69. The van der Waals surface area contributed by atoms with E-state index >= 15 is 0 Å². The highest BCUT2D eigenvalue weighted by molar-refractivity contribution is 4.63. The standard InChI is InChI=1S/C8H17NO/c1-6-4-5-7(2)9-8(6)10-3/h6-9H,4-5H2,1-3H3/p+1. The molecule has 0 amide bonds. The maximum atomic E-state index is 5.32. The summed E-state index contributed by atoms with van der Waals surface area (Å²) in [6.07, 6.45) is 3.06. The SMILES string of the molecule is COC1[NH2+]C(C)CCC1C. The average molecular weight is 144 g/mol. The first-order valence-electron chi connectivity index (χ1n) is 4.12. The van der Waals surface area contributed by atoms with Crippen LogP contribution in [0.25, 0.3) is 0 Å². The number of ether oxygens (including phenoxy) is 1.